The molecule has 0 aliphatic heterocycles. The molecule has 0 fully saturated rings. The molecule has 0 bridgehead atoms. The minimum atomic E-state index is -3.49. The van der Waals surface area contributed by atoms with Crippen molar-refractivity contribution in [3.63, 3.8) is 0 Å². The third kappa shape index (κ3) is 3.49. The normalized spacial score (nSPS) is 12.0. The maximum atomic E-state index is 12.5. The lowest BCUT2D eigenvalue weighted by molar-refractivity contribution is 0.102. The van der Waals surface area contributed by atoms with Gasteiger partial charge in [0.15, 0.2) is 5.76 Å². The van der Waals surface area contributed by atoms with E-state index in [1.54, 1.807) is 19.1 Å². The predicted molar refractivity (Wildman–Crippen MR) is 90.6 cm³/mol. The molecule has 24 heavy (non-hydrogen) atoms. The average Bonchev–Trinajstić information content (AvgIpc) is 2.89. The van der Waals surface area contributed by atoms with Crippen LogP contribution in [0.3, 0.4) is 0 Å². The number of hydrogen-bond acceptors (Lipinski definition) is 5. The molecule has 130 valence electrons. The molecule has 0 saturated carbocycles. The van der Waals surface area contributed by atoms with Gasteiger partial charge in [0.1, 0.15) is 5.56 Å². The zero-order valence-electron chi connectivity index (χ0n) is 14.3. The van der Waals surface area contributed by atoms with Gasteiger partial charge >= 0.3 is 0 Å². The minimum absolute atomic E-state index is 0.0274. The second-order valence-corrected chi connectivity index (χ2v) is 8.08. The van der Waals surface area contributed by atoms with Gasteiger partial charge in [-0.15, -0.1) is 0 Å². The van der Waals surface area contributed by atoms with E-state index in [9.17, 15) is 13.2 Å². The summed E-state index contributed by atoms with van der Waals surface area (Å²) in [4.78, 5) is 12.6. The van der Waals surface area contributed by atoms with E-state index < -0.39 is 10.0 Å². The van der Waals surface area contributed by atoms with E-state index in [2.05, 4.69) is 10.5 Å². The predicted octanol–water partition coefficient (Wildman–Crippen LogP) is 2.61. The second-order valence-electron chi connectivity index (χ2n) is 5.93. The molecule has 0 radical (unpaired) electrons. The average molecular weight is 351 g/mol. The fourth-order valence-corrected chi connectivity index (χ4v) is 3.07. The SMILES string of the molecule is Cc1noc(C(C)C)c1C(=O)Nc1ccc(S(=O)(=O)N(C)C)cc1. The monoisotopic (exact) mass is 351 g/mol. The molecule has 1 heterocycles. The van der Waals surface area contributed by atoms with Crippen LogP contribution in [0.1, 0.15) is 41.6 Å². The van der Waals surface area contributed by atoms with Gasteiger partial charge in [0.25, 0.3) is 5.91 Å². The molecule has 1 aromatic carbocycles. The van der Waals surface area contributed by atoms with Gasteiger partial charge in [0.2, 0.25) is 10.0 Å². The number of rotatable bonds is 5. The molecule has 0 spiro atoms. The fourth-order valence-electron chi connectivity index (χ4n) is 2.17. The standard InChI is InChI=1S/C16H21N3O4S/c1-10(2)15-14(11(3)18-23-15)16(20)17-12-6-8-13(9-7-12)24(21,22)19(4)5/h6-10H,1-5H3,(H,17,20). The first kappa shape index (κ1) is 18.2. The van der Waals surface area contributed by atoms with E-state index in [1.807, 2.05) is 13.8 Å². The summed E-state index contributed by atoms with van der Waals surface area (Å²) < 4.78 is 30.4. The first-order chi connectivity index (χ1) is 11.1. The Labute approximate surface area is 141 Å². The van der Waals surface area contributed by atoms with Crippen molar-refractivity contribution < 1.29 is 17.7 Å². The zero-order chi connectivity index (χ0) is 18.1. The molecule has 8 heteroatoms. The lowest BCUT2D eigenvalue weighted by Gasteiger charge is -2.12. The van der Waals surface area contributed by atoms with Crippen LogP contribution in [0.25, 0.3) is 0 Å². The van der Waals surface area contributed by atoms with Crippen LogP contribution in [-0.4, -0.2) is 37.9 Å². The van der Waals surface area contributed by atoms with Gasteiger partial charge in [-0.25, -0.2) is 12.7 Å². The van der Waals surface area contributed by atoms with Crippen molar-refractivity contribution in [3.05, 3.63) is 41.3 Å². The Morgan fingerprint density at radius 1 is 1.21 bits per heavy atom. The Morgan fingerprint density at radius 2 is 1.79 bits per heavy atom. The Morgan fingerprint density at radius 3 is 2.29 bits per heavy atom. The van der Waals surface area contributed by atoms with Gasteiger partial charge in [-0.05, 0) is 31.2 Å². The lowest BCUT2D eigenvalue weighted by atomic mass is 10.0. The number of anilines is 1. The number of sulfonamides is 1. The number of benzene rings is 1. The molecule has 7 nitrogen and oxygen atoms in total. The van der Waals surface area contributed by atoms with Crippen LogP contribution in [0.15, 0.2) is 33.7 Å². The highest BCUT2D eigenvalue weighted by atomic mass is 32.2. The topological polar surface area (TPSA) is 92.5 Å². The zero-order valence-corrected chi connectivity index (χ0v) is 15.1. The Balaban J connectivity index is 2.24. The van der Waals surface area contributed by atoms with Crippen molar-refractivity contribution in [1.29, 1.82) is 0 Å². The summed E-state index contributed by atoms with van der Waals surface area (Å²) in [6.45, 7) is 5.53. The van der Waals surface area contributed by atoms with E-state index in [0.29, 0.717) is 22.7 Å². The van der Waals surface area contributed by atoms with Crippen LogP contribution in [0.5, 0.6) is 0 Å². The molecule has 0 unspecified atom stereocenters. The van der Waals surface area contributed by atoms with E-state index in [4.69, 9.17) is 4.52 Å². The van der Waals surface area contributed by atoms with E-state index in [0.717, 1.165) is 4.31 Å². The van der Waals surface area contributed by atoms with E-state index >= 15 is 0 Å². The summed E-state index contributed by atoms with van der Waals surface area (Å²) in [6, 6.07) is 6.00. The Hall–Kier alpha value is -2.19. The van der Waals surface area contributed by atoms with Crippen LogP contribution in [-0.2, 0) is 10.0 Å². The van der Waals surface area contributed by atoms with Gasteiger partial charge in [-0.2, -0.15) is 0 Å². The number of nitrogens with one attached hydrogen (secondary N) is 1. The molecule has 1 amide bonds. The summed E-state index contributed by atoms with van der Waals surface area (Å²) in [6.07, 6.45) is 0. The van der Waals surface area contributed by atoms with Crippen molar-refractivity contribution in [2.24, 2.45) is 0 Å². The second kappa shape index (κ2) is 6.74. The van der Waals surface area contributed by atoms with Crippen LogP contribution >= 0.6 is 0 Å². The maximum absolute atomic E-state index is 12.5. The highest BCUT2D eigenvalue weighted by molar-refractivity contribution is 7.89. The molecule has 0 atom stereocenters. The number of nitrogens with zero attached hydrogens (tertiary/aromatic N) is 2. The largest absolute Gasteiger partial charge is 0.360 e. The van der Waals surface area contributed by atoms with Gasteiger partial charge in [0.05, 0.1) is 10.6 Å². The molecule has 1 N–H and O–H groups in total. The summed E-state index contributed by atoms with van der Waals surface area (Å²) in [5.41, 5.74) is 1.42. The number of hydrogen-bond donors (Lipinski definition) is 1. The molecular formula is C16H21N3O4S. The van der Waals surface area contributed by atoms with Gasteiger partial charge in [-0.3, -0.25) is 4.79 Å². The van der Waals surface area contributed by atoms with Crippen molar-refractivity contribution >= 4 is 21.6 Å². The third-order valence-corrected chi connectivity index (χ3v) is 5.36. The molecular weight excluding hydrogens is 330 g/mol. The molecule has 1 aromatic heterocycles. The van der Waals surface area contributed by atoms with Crippen LogP contribution < -0.4 is 5.32 Å². The number of aromatic nitrogens is 1. The van der Waals surface area contributed by atoms with Crippen molar-refractivity contribution in [3.8, 4) is 0 Å². The van der Waals surface area contributed by atoms with Crippen LogP contribution in [0.2, 0.25) is 0 Å². The number of amides is 1. The molecule has 0 aliphatic rings. The number of carbonyl (C=O) groups is 1. The molecule has 0 aliphatic carbocycles. The molecule has 2 aromatic rings. The van der Waals surface area contributed by atoms with E-state index in [1.165, 1.54) is 26.2 Å². The van der Waals surface area contributed by atoms with Gasteiger partial charge < -0.3 is 9.84 Å². The highest BCUT2D eigenvalue weighted by Crippen LogP contribution is 2.24. The lowest BCUT2D eigenvalue weighted by Crippen LogP contribution is -2.22. The summed E-state index contributed by atoms with van der Waals surface area (Å²) >= 11 is 0. The van der Waals surface area contributed by atoms with Crippen molar-refractivity contribution in [2.45, 2.75) is 31.6 Å². The van der Waals surface area contributed by atoms with Crippen molar-refractivity contribution in [1.82, 2.24) is 9.46 Å². The fraction of sp³-hybridized carbons (Fsp3) is 0.375. The molecule has 2 rings (SSSR count). The number of carbonyl (C=O) groups excluding carboxylic acids is 1. The Kier molecular flexibility index (Phi) is 5.10. The maximum Gasteiger partial charge on any atom is 0.261 e. The quantitative estimate of drug-likeness (QED) is 0.894. The van der Waals surface area contributed by atoms with Crippen molar-refractivity contribution in [2.75, 3.05) is 19.4 Å². The first-order valence-corrected chi connectivity index (χ1v) is 8.88. The van der Waals surface area contributed by atoms with Gasteiger partial charge in [-0.1, -0.05) is 19.0 Å². The van der Waals surface area contributed by atoms with Gasteiger partial charge in [0, 0.05) is 25.7 Å². The summed E-state index contributed by atoms with van der Waals surface area (Å²) in [7, 11) is -0.564. The highest BCUT2D eigenvalue weighted by Gasteiger charge is 2.23. The Bertz CT molecular complexity index is 837. The number of aryl methyl sites for hydroxylation is 1. The minimum Gasteiger partial charge on any atom is -0.360 e. The van der Waals surface area contributed by atoms with E-state index in [-0.39, 0.29) is 16.7 Å². The summed E-state index contributed by atoms with van der Waals surface area (Å²) in [5, 5.41) is 6.59. The third-order valence-electron chi connectivity index (χ3n) is 3.53. The summed E-state index contributed by atoms with van der Waals surface area (Å²) in [5.74, 6) is 0.219. The van der Waals surface area contributed by atoms with Crippen LogP contribution in [0, 0.1) is 6.92 Å². The van der Waals surface area contributed by atoms with Crippen LogP contribution in [0.4, 0.5) is 5.69 Å². The molecule has 0 saturated heterocycles. The first-order valence-electron chi connectivity index (χ1n) is 7.44. The smallest absolute Gasteiger partial charge is 0.261 e.